The van der Waals surface area contributed by atoms with Gasteiger partial charge in [0.15, 0.2) is 0 Å². The lowest BCUT2D eigenvalue weighted by Crippen LogP contribution is -2.29. The highest BCUT2D eigenvalue weighted by Gasteiger charge is 2.12. The van der Waals surface area contributed by atoms with Crippen molar-refractivity contribution < 1.29 is 4.74 Å². The van der Waals surface area contributed by atoms with Crippen molar-refractivity contribution in [1.29, 1.82) is 0 Å². The number of aromatic nitrogens is 2. The topological polar surface area (TPSA) is 39.1 Å². The van der Waals surface area contributed by atoms with Crippen molar-refractivity contribution in [2.75, 3.05) is 20.3 Å². The number of nitrogens with one attached hydrogen (secondary N) is 1. The molecule has 1 rings (SSSR count). The summed E-state index contributed by atoms with van der Waals surface area (Å²) in [6.07, 6.45) is 4.31. The third kappa shape index (κ3) is 5.33. The van der Waals surface area contributed by atoms with E-state index in [-0.39, 0.29) is 0 Å². The molecule has 1 unspecified atom stereocenters. The van der Waals surface area contributed by atoms with E-state index in [0.29, 0.717) is 6.04 Å². The largest absolute Gasteiger partial charge is 0.382 e. The van der Waals surface area contributed by atoms with Crippen LogP contribution >= 0.6 is 0 Å². The van der Waals surface area contributed by atoms with Crippen molar-refractivity contribution in [3.05, 3.63) is 17.5 Å². The SMILES string of the molecule is CCOCCCC(Cc1cc(CC)nn1CC)NC. The molecule has 0 aliphatic carbocycles. The number of likely N-dealkylation sites (N-methyl/N-ethyl adjacent to an activating group) is 1. The van der Waals surface area contributed by atoms with Crippen LogP contribution in [-0.2, 0) is 24.1 Å². The van der Waals surface area contributed by atoms with Crippen molar-refractivity contribution >= 4 is 0 Å². The van der Waals surface area contributed by atoms with Crippen LogP contribution in [0.4, 0.5) is 0 Å². The predicted octanol–water partition coefficient (Wildman–Crippen LogP) is 2.41. The molecule has 4 heteroatoms. The van der Waals surface area contributed by atoms with Crippen LogP contribution in [0.5, 0.6) is 0 Å². The Labute approximate surface area is 117 Å². The van der Waals surface area contributed by atoms with Gasteiger partial charge in [-0.1, -0.05) is 6.92 Å². The molecule has 1 aromatic heterocycles. The Morgan fingerprint density at radius 1 is 1.37 bits per heavy atom. The zero-order valence-electron chi connectivity index (χ0n) is 12.9. The van der Waals surface area contributed by atoms with Crippen LogP contribution in [-0.4, -0.2) is 36.1 Å². The lowest BCUT2D eigenvalue weighted by molar-refractivity contribution is 0.141. The van der Waals surface area contributed by atoms with Crippen molar-refractivity contribution in [3.8, 4) is 0 Å². The Morgan fingerprint density at radius 3 is 2.74 bits per heavy atom. The Kier molecular flexibility index (Phi) is 7.75. The molecule has 1 heterocycles. The lowest BCUT2D eigenvalue weighted by atomic mass is 10.1. The maximum atomic E-state index is 5.40. The van der Waals surface area contributed by atoms with Gasteiger partial charge in [0, 0.05) is 37.9 Å². The minimum absolute atomic E-state index is 0.507. The van der Waals surface area contributed by atoms with Gasteiger partial charge in [-0.25, -0.2) is 0 Å². The van der Waals surface area contributed by atoms with Crippen LogP contribution in [0.25, 0.3) is 0 Å². The predicted molar refractivity (Wildman–Crippen MR) is 79.6 cm³/mol. The fourth-order valence-electron chi connectivity index (χ4n) is 2.30. The van der Waals surface area contributed by atoms with E-state index in [1.807, 2.05) is 14.0 Å². The molecule has 0 spiro atoms. The molecule has 0 saturated carbocycles. The van der Waals surface area contributed by atoms with Gasteiger partial charge in [-0.05, 0) is 46.2 Å². The molecule has 0 bridgehead atoms. The molecule has 4 nitrogen and oxygen atoms in total. The third-order valence-corrected chi connectivity index (χ3v) is 3.48. The molecule has 1 atom stereocenters. The summed E-state index contributed by atoms with van der Waals surface area (Å²) in [5.41, 5.74) is 2.54. The van der Waals surface area contributed by atoms with E-state index in [9.17, 15) is 0 Å². The Hall–Kier alpha value is -0.870. The fourth-order valence-corrected chi connectivity index (χ4v) is 2.30. The van der Waals surface area contributed by atoms with Gasteiger partial charge in [-0.2, -0.15) is 5.10 Å². The summed E-state index contributed by atoms with van der Waals surface area (Å²) in [6.45, 7) is 8.98. The van der Waals surface area contributed by atoms with Gasteiger partial charge in [0.25, 0.3) is 0 Å². The average Bonchev–Trinajstić information content (AvgIpc) is 2.84. The normalized spacial score (nSPS) is 12.8. The first-order valence-corrected chi connectivity index (χ1v) is 7.55. The first-order chi connectivity index (χ1) is 9.24. The smallest absolute Gasteiger partial charge is 0.0624 e. The molecule has 110 valence electrons. The minimum Gasteiger partial charge on any atom is -0.382 e. The van der Waals surface area contributed by atoms with Gasteiger partial charge in [0.05, 0.1) is 5.69 Å². The van der Waals surface area contributed by atoms with E-state index in [0.717, 1.165) is 45.4 Å². The highest BCUT2D eigenvalue weighted by atomic mass is 16.5. The number of nitrogens with zero attached hydrogens (tertiary/aromatic N) is 2. The van der Waals surface area contributed by atoms with E-state index in [4.69, 9.17) is 4.74 Å². The van der Waals surface area contributed by atoms with Gasteiger partial charge in [-0.15, -0.1) is 0 Å². The molecule has 1 N–H and O–H groups in total. The van der Waals surface area contributed by atoms with Crippen LogP contribution in [0.2, 0.25) is 0 Å². The summed E-state index contributed by atoms with van der Waals surface area (Å²) < 4.78 is 7.53. The molecular weight excluding hydrogens is 238 g/mol. The second-order valence-corrected chi connectivity index (χ2v) is 4.83. The zero-order valence-corrected chi connectivity index (χ0v) is 12.9. The number of rotatable bonds is 10. The quantitative estimate of drug-likeness (QED) is 0.662. The average molecular weight is 267 g/mol. The van der Waals surface area contributed by atoms with Crippen LogP contribution < -0.4 is 5.32 Å². The summed E-state index contributed by atoms with van der Waals surface area (Å²) >= 11 is 0. The monoisotopic (exact) mass is 267 g/mol. The van der Waals surface area contributed by atoms with Crippen molar-refractivity contribution in [2.24, 2.45) is 0 Å². The lowest BCUT2D eigenvalue weighted by Gasteiger charge is -2.16. The summed E-state index contributed by atoms with van der Waals surface area (Å²) in [5, 5.41) is 8.02. The second kappa shape index (κ2) is 9.10. The third-order valence-electron chi connectivity index (χ3n) is 3.48. The van der Waals surface area contributed by atoms with Gasteiger partial charge in [-0.3, -0.25) is 4.68 Å². The first-order valence-electron chi connectivity index (χ1n) is 7.55. The molecule has 0 aromatic carbocycles. The Bertz CT molecular complexity index is 349. The van der Waals surface area contributed by atoms with Crippen LogP contribution in [0, 0.1) is 0 Å². The molecule has 0 fully saturated rings. The molecule has 1 aromatic rings. The van der Waals surface area contributed by atoms with Crippen molar-refractivity contribution in [3.63, 3.8) is 0 Å². The molecule has 0 aliphatic heterocycles. The van der Waals surface area contributed by atoms with Gasteiger partial charge < -0.3 is 10.1 Å². The van der Waals surface area contributed by atoms with Gasteiger partial charge in [0.2, 0.25) is 0 Å². The zero-order chi connectivity index (χ0) is 14.1. The van der Waals surface area contributed by atoms with Crippen LogP contribution in [0.15, 0.2) is 6.07 Å². The van der Waals surface area contributed by atoms with E-state index in [1.54, 1.807) is 0 Å². The van der Waals surface area contributed by atoms with E-state index in [2.05, 4.69) is 35.0 Å². The highest BCUT2D eigenvalue weighted by Crippen LogP contribution is 2.11. The molecule has 0 radical (unpaired) electrons. The number of hydrogen-bond acceptors (Lipinski definition) is 3. The summed E-state index contributed by atoms with van der Waals surface area (Å²) in [6, 6.07) is 2.75. The molecule has 0 aliphatic rings. The summed E-state index contributed by atoms with van der Waals surface area (Å²) in [4.78, 5) is 0. The fraction of sp³-hybridized carbons (Fsp3) is 0.800. The van der Waals surface area contributed by atoms with Crippen LogP contribution in [0.3, 0.4) is 0 Å². The summed E-state index contributed by atoms with van der Waals surface area (Å²) in [7, 11) is 2.04. The van der Waals surface area contributed by atoms with E-state index >= 15 is 0 Å². The van der Waals surface area contributed by atoms with E-state index < -0.39 is 0 Å². The van der Waals surface area contributed by atoms with Crippen molar-refractivity contribution in [1.82, 2.24) is 15.1 Å². The maximum Gasteiger partial charge on any atom is 0.0624 e. The van der Waals surface area contributed by atoms with Gasteiger partial charge in [0.1, 0.15) is 0 Å². The molecular formula is C15H29N3O. The van der Waals surface area contributed by atoms with Crippen LogP contribution in [0.1, 0.15) is 45.0 Å². The molecule has 0 saturated heterocycles. The Balaban J connectivity index is 2.52. The Morgan fingerprint density at radius 2 is 2.16 bits per heavy atom. The second-order valence-electron chi connectivity index (χ2n) is 4.83. The molecule has 19 heavy (non-hydrogen) atoms. The van der Waals surface area contributed by atoms with Crippen molar-refractivity contribution in [2.45, 2.75) is 59.0 Å². The number of ether oxygens (including phenoxy) is 1. The highest BCUT2D eigenvalue weighted by molar-refractivity contribution is 5.12. The maximum absolute atomic E-state index is 5.40. The standard InChI is InChI=1S/C15H29N3O/c1-5-13-11-15(18(6-2)17-13)12-14(16-4)9-8-10-19-7-3/h11,14,16H,5-10,12H2,1-4H3. The van der Waals surface area contributed by atoms with E-state index in [1.165, 1.54) is 11.4 Å². The minimum atomic E-state index is 0.507. The first kappa shape index (κ1) is 16.2. The van der Waals surface area contributed by atoms with Gasteiger partial charge >= 0.3 is 0 Å². The number of hydrogen-bond donors (Lipinski definition) is 1. The molecule has 0 amide bonds. The summed E-state index contributed by atoms with van der Waals surface area (Å²) in [5.74, 6) is 0. The number of aryl methyl sites for hydroxylation is 2.